The molecule has 3 aromatic rings. The number of benzene rings is 2. The van der Waals surface area contributed by atoms with Crippen molar-refractivity contribution in [3.8, 4) is 11.1 Å². The molecule has 2 aromatic carbocycles. The molecule has 1 heterocycles. The summed E-state index contributed by atoms with van der Waals surface area (Å²) in [5, 5.41) is 1.81. The lowest BCUT2D eigenvalue weighted by Crippen LogP contribution is -2.22. The SMILES string of the molecule is CC(C)Cn1cc(-c2ccccc2)c2ccccc2c1=O. The van der Waals surface area contributed by atoms with Crippen molar-refractivity contribution >= 4 is 10.8 Å². The van der Waals surface area contributed by atoms with Gasteiger partial charge in [0.05, 0.1) is 0 Å². The second kappa shape index (κ2) is 5.57. The third kappa shape index (κ3) is 2.62. The first-order valence-electron chi connectivity index (χ1n) is 7.34. The van der Waals surface area contributed by atoms with E-state index in [-0.39, 0.29) is 5.56 Å². The number of hydrogen-bond acceptors (Lipinski definition) is 1. The maximum absolute atomic E-state index is 12.6. The Kier molecular flexibility index (Phi) is 3.61. The van der Waals surface area contributed by atoms with E-state index in [0.29, 0.717) is 5.92 Å². The highest BCUT2D eigenvalue weighted by Crippen LogP contribution is 2.26. The van der Waals surface area contributed by atoms with Crippen LogP contribution >= 0.6 is 0 Å². The van der Waals surface area contributed by atoms with Crippen LogP contribution in [0.4, 0.5) is 0 Å². The summed E-state index contributed by atoms with van der Waals surface area (Å²) in [5.74, 6) is 0.437. The van der Waals surface area contributed by atoms with E-state index in [4.69, 9.17) is 0 Å². The molecule has 1 aromatic heterocycles. The van der Waals surface area contributed by atoms with Crippen LogP contribution < -0.4 is 5.56 Å². The second-order valence-corrected chi connectivity index (χ2v) is 5.81. The molecule has 0 bridgehead atoms. The molecule has 0 N–H and O–H groups in total. The van der Waals surface area contributed by atoms with Crippen molar-refractivity contribution in [3.63, 3.8) is 0 Å². The van der Waals surface area contributed by atoms with Gasteiger partial charge < -0.3 is 4.57 Å². The molecule has 0 saturated heterocycles. The quantitative estimate of drug-likeness (QED) is 0.698. The van der Waals surface area contributed by atoms with Crippen LogP contribution in [-0.4, -0.2) is 4.57 Å². The molecule has 0 aliphatic heterocycles. The van der Waals surface area contributed by atoms with Gasteiger partial charge in [0.25, 0.3) is 5.56 Å². The number of hydrogen-bond donors (Lipinski definition) is 0. The molecule has 106 valence electrons. The van der Waals surface area contributed by atoms with Gasteiger partial charge in [-0.25, -0.2) is 0 Å². The summed E-state index contributed by atoms with van der Waals surface area (Å²) < 4.78 is 1.84. The van der Waals surface area contributed by atoms with Crippen LogP contribution in [0.5, 0.6) is 0 Å². The van der Waals surface area contributed by atoms with Crippen molar-refractivity contribution < 1.29 is 0 Å². The van der Waals surface area contributed by atoms with Gasteiger partial charge in [0.15, 0.2) is 0 Å². The highest BCUT2D eigenvalue weighted by Gasteiger charge is 2.10. The lowest BCUT2D eigenvalue weighted by Gasteiger charge is -2.14. The summed E-state index contributed by atoms with van der Waals surface area (Å²) >= 11 is 0. The van der Waals surface area contributed by atoms with E-state index in [2.05, 4.69) is 26.0 Å². The zero-order chi connectivity index (χ0) is 14.8. The molecule has 2 heteroatoms. The number of rotatable bonds is 3. The highest BCUT2D eigenvalue weighted by molar-refractivity contribution is 5.95. The van der Waals surface area contributed by atoms with Gasteiger partial charge in [-0.05, 0) is 22.9 Å². The monoisotopic (exact) mass is 277 g/mol. The molecular formula is C19H19NO. The first-order chi connectivity index (χ1) is 10.2. The molecule has 0 unspecified atom stereocenters. The molecule has 0 aliphatic rings. The first kappa shape index (κ1) is 13.6. The molecule has 0 saturated carbocycles. The third-order valence-corrected chi connectivity index (χ3v) is 3.64. The summed E-state index contributed by atoms with van der Waals surface area (Å²) in [4.78, 5) is 12.6. The summed E-state index contributed by atoms with van der Waals surface area (Å²) in [6.07, 6.45) is 2.00. The molecule has 0 fully saturated rings. The molecule has 3 rings (SSSR count). The summed E-state index contributed by atoms with van der Waals surface area (Å²) in [6.45, 7) is 5.00. The zero-order valence-corrected chi connectivity index (χ0v) is 12.4. The van der Waals surface area contributed by atoms with E-state index < -0.39 is 0 Å². The van der Waals surface area contributed by atoms with Gasteiger partial charge in [0.1, 0.15) is 0 Å². The predicted octanol–water partition coefficient (Wildman–Crippen LogP) is 4.32. The topological polar surface area (TPSA) is 22.0 Å². The van der Waals surface area contributed by atoms with E-state index in [1.165, 1.54) is 0 Å². The first-order valence-corrected chi connectivity index (χ1v) is 7.34. The Bertz CT molecular complexity index is 816. The fraction of sp³-hybridized carbons (Fsp3) is 0.211. The number of fused-ring (bicyclic) bond motifs is 1. The van der Waals surface area contributed by atoms with Gasteiger partial charge in [0.2, 0.25) is 0 Å². The molecule has 0 radical (unpaired) electrons. The van der Waals surface area contributed by atoms with Crippen LogP contribution in [0.1, 0.15) is 13.8 Å². The average molecular weight is 277 g/mol. The highest BCUT2D eigenvalue weighted by atomic mass is 16.1. The molecule has 21 heavy (non-hydrogen) atoms. The van der Waals surface area contributed by atoms with Crippen molar-refractivity contribution in [3.05, 3.63) is 71.1 Å². The fourth-order valence-corrected chi connectivity index (χ4v) is 2.72. The Morgan fingerprint density at radius 1 is 0.905 bits per heavy atom. The molecule has 0 amide bonds. The molecule has 2 nitrogen and oxygen atoms in total. The van der Waals surface area contributed by atoms with Gasteiger partial charge >= 0.3 is 0 Å². The van der Waals surface area contributed by atoms with Gasteiger partial charge in [-0.2, -0.15) is 0 Å². The second-order valence-electron chi connectivity index (χ2n) is 5.81. The van der Waals surface area contributed by atoms with Crippen molar-refractivity contribution in [2.45, 2.75) is 20.4 Å². The minimum atomic E-state index is 0.0963. The minimum Gasteiger partial charge on any atom is -0.314 e. The lowest BCUT2D eigenvalue weighted by molar-refractivity contribution is 0.514. The number of nitrogens with zero attached hydrogens (tertiary/aromatic N) is 1. The summed E-state index contributed by atoms with van der Waals surface area (Å²) in [5.41, 5.74) is 2.36. The van der Waals surface area contributed by atoms with Crippen molar-refractivity contribution in [1.82, 2.24) is 4.57 Å². The minimum absolute atomic E-state index is 0.0963. The van der Waals surface area contributed by atoms with Crippen LogP contribution in [0.25, 0.3) is 21.9 Å². The van der Waals surface area contributed by atoms with Crippen LogP contribution in [0.15, 0.2) is 65.6 Å². The van der Waals surface area contributed by atoms with E-state index in [1.54, 1.807) is 0 Å². The lowest BCUT2D eigenvalue weighted by atomic mass is 10.0. The summed E-state index contributed by atoms with van der Waals surface area (Å²) in [6, 6.07) is 18.1. The average Bonchev–Trinajstić information content (AvgIpc) is 2.51. The fourth-order valence-electron chi connectivity index (χ4n) is 2.72. The standard InChI is InChI=1S/C19H19NO/c1-14(2)12-20-13-18(15-8-4-3-5-9-15)16-10-6-7-11-17(16)19(20)21/h3-11,13-14H,12H2,1-2H3. The Morgan fingerprint density at radius 3 is 2.19 bits per heavy atom. The Balaban J connectivity index is 2.33. The van der Waals surface area contributed by atoms with E-state index >= 15 is 0 Å². The van der Waals surface area contributed by atoms with Crippen molar-refractivity contribution in [2.75, 3.05) is 0 Å². The van der Waals surface area contributed by atoms with Crippen LogP contribution in [0.3, 0.4) is 0 Å². The van der Waals surface area contributed by atoms with Crippen molar-refractivity contribution in [2.24, 2.45) is 5.92 Å². The number of pyridine rings is 1. The normalized spacial score (nSPS) is 11.2. The molecule has 0 atom stereocenters. The summed E-state index contributed by atoms with van der Waals surface area (Å²) in [7, 11) is 0. The van der Waals surface area contributed by atoms with Crippen LogP contribution in [0.2, 0.25) is 0 Å². The van der Waals surface area contributed by atoms with E-state index in [9.17, 15) is 4.79 Å². The third-order valence-electron chi connectivity index (χ3n) is 3.64. The van der Waals surface area contributed by atoms with Gasteiger partial charge in [-0.1, -0.05) is 62.4 Å². The predicted molar refractivity (Wildman–Crippen MR) is 88.5 cm³/mol. The maximum Gasteiger partial charge on any atom is 0.258 e. The molecule has 0 aliphatic carbocycles. The van der Waals surface area contributed by atoms with Gasteiger partial charge in [-0.15, -0.1) is 0 Å². The van der Waals surface area contributed by atoms with Gasteiger partial charge in [-0.3, -0.25) is 4.79 Å². The smallest absolute Gasteiger partial charge is 0.258 e. The maximum atomic E-state index is 12.6. The Labute approximate surface area is 124 Å². The molecule has 0 spiro atoms. The van der Waals surface area contributed by atoms with Gasteiger partial charge in [0, 0.05) is 23.7 Å². The van der Waals surface area contributed by atoms with E-state index in [1.807, 2.05) is 53.2 Å². The number of aromatic nitrogens is 1. The largest absolute Gasteiger partial charge is 0.314 e. The zero-order valence-electron chi connectivity index (χ0n) is 12.4. The van der Waals surface area contributed by atoms with Crippen molar-refractivity contribution in [1.29, 1.82) is 0 Å². The Hall–Kier alpha value is -2.35. The molecular weight excluding hydrogens is 258 g/mol. The van der Waals surface area contributed by atoms with E-state index in [0.717, 1.165) is 28.4 Å². The van der Waals surface area contributed by atoms with Crippen LogP contribution in [-0.2, 0) is 6.54 Å². The van der Waals surface area contributed by atoms with Crippen LogP contribution in [0, 0.1) is 5.92 Å². The Morgan fingerprint density at radius 2 is 1.52 bits per heavy atom.